The number of carbonyl (C=O) groups excluding carboxylic acids is 1. The van der Waals surface area contributed by atoms with Crippen LogP contribution in [0.25, 0.3) is 0 Å². The van der Waals surface area contributed by atoms with Crippen LogP contribution in [0.4, 0.5) is 5.69 Å². The molecule has 21 heavy (non-hydrogen) atoms. The highest BCUT2D eigenvalue weighted by Gasteiger charge is 2.13. The summed E-state index contributed by atoms with van der Waals surface area (Å²) in [7, 11) is 0. The number of amides is 1. The molecule has 0 fully saturated rings. The van der Waals surface area contributed by atoms with Gasteiger partial charge in [0.15, 0.2) is 6.61 Å². The third-order valence-corrected chi connectivity index (χ3v) is 3.30. The molecular weight excluding hydrogens is 266 g/mol. The van der Waals surface area contributed by atoms with Crippen LogP contribution in [-0.4, -0.2) is 42.6 Å². The first-order chi connectivity index (χ1) is 9.91. The van der Waals surface area contributed by atoms with Crippen molar-refractivity contribution in [2.45, 2.75) is 39.8 Å². The molecule has 0 aliphatic heterocycles. The van der Waals surface area contributed by atoms with Crippen LogP contribution >= 0.6 is 0 Å². The Labute approximate surface area is 127 Å². The predicted octanol–water partition coefficient (Wildman–Crippen LogP) is 1.88. The molecule has 5 nitrogen and oxygen atoms in total. The van der Waals surface area contributed by atoms with Crippen molar-refractivity contribution in [1.82, 2.24) is 10.2 Å². The summed E-state index contributed by atoms with van der Waals surface area (Å²) in [5, 5.41) is 2.87. The number of nitrogen functional groups attached to an aromatic ring is 1. The molecule has 0 saturated heterocycles. The van der Waals surface area contributed by atoms with Gasteiger partial charge in [0, 0.05) is 25.2 Å². The van der Waals surface area contributed by atoms with Crippen LogP contribution in [-0.2, 0) is 4.79 Å². The van der Waals surface area contributed by atoms with Gasteiger partial charge in [0.05, 0.1) is 5.69 Å². The van der Waals surface area contributed by atoms with E-state index < -0.39 is 0 Å². The van der Waals surface area contributed by atoms with E-state index in [1.54, 1.807) is 12.1 Å². The lowest BCUT2D eigenvalue weighted by atomic mass is 10.2. The summed E-state index contributed by atoms with van der Waals surface area (Å²) in [6, 6.07) is 8.07. The highest BCUT2D eigenvalue weighted by molar-refractivity contribution is 5.77. The quantitative estimate of drug-likeness (QED) is 0.718. The van der Waals surface area contributed by atoms with Crippen molar-refractivity contribution in [1.29, 1.82) is 0 Å². The van der Waals surface area contributed by atoms with Crippen molar-refractivity contribution in [3.05, 3.63) is 24.3 Å². The molecule has 0 aliphatic rings. The van der Waals surface area contributed by atoms with Crippen molar-refractivity contribution in [2.75, 3.05) is 25.4 Å². The second-order valence-corrected chi connectivity index (χ2v) is 5.60. The maximum atomic E-state index is 11.8. The molecule has 0 spiro atoms. The molecule has 1 rings (SSSR count). The lowest BCUT2D eigenvalue weighted by molar-refractivity contribution is -0.123. The van der Waals surface area contributed by atoms with Gasteiger partial charge in [0.25, 0.3) is 5.91 Å². The summed E-state index contributed by atoms with van der Waals surface area (Å²) in [6.45, 7) is 10.0. The van der Waals surface area contributed by atoms with Gasteiger partial charge in [-0.2, -0.15) is 0 Å². The minimum atomic E-state index is -0.134. The fraction of sp³-hybridized carbons (Fsp3) is 0.562. The lowest BCUT2D eigenvalue weighted by Gasteiger charge is -2.30. The van der Waals surface area contributed by atoms with Gasteiger partial charge >= 0.3 is 0 Å². The fourth-order valence-electron chi connectivity index (χ4n) is 2.24. The molecule has 0 saturated carbocycles. The SMILES string of the molecule is CC(C)N(CCNC(=O)COc1ccccc1N)C(C)C. The van der Waals surface area contributed by atoms with Crippen LogP contribution in [0.15, 0.2) is 24.3 Å². The van der Waals surface area contributed by atoms with Crippen molar-refractivity contribution in [3.8, 4) is 5.75 Å². The highest BCUT2D eigenvalue weighted by Crippen LogP contribution is 2.19. The third-order valence-electron chi connectivity index (χ3n) is 3.30. The Morgan fingerprint density at radius 2 is 1.86 bits per heavy atom. The van der Waals surface area contributed by atoms with Crippen molar-refractivity contribution in [3.63, 3.8) is 0 Å². The van der Waals surface area contributed by atoms with E-state index in [1.807, 2.05) is 12.1 Å². The zero-order valence-electron chi connectivity index (χ0n) is 13.4. The smallest absolute Gasteiger partial charge is 0.257 e. The normalized spacial score (nSPS) is 11.2. The zero-order chi connectivity index (χ0) is 15.8. The number of hydrogen-bond acceptors (Lipinski definition) is 4. The first-order valence-electron chi connectivity index (χ1n) is 7.41. The number of nitrogens with two attached hydrogens (primary N) is 1. The molecule has 1 amide bonds. The number of para-hydroxylation sites is 2. The summed E-state index contributed by atoms with van der Waals surface area (Å²) in [4.78, 5) is 14.1. The highest BCUT2D eigenvalue weighted by atomic mass is 16.5. The van der Waals surface area contributed by atoms with Gasteiger partial charge in [-0.1, -0.05) is 12.1 Å². The van der Waals surface area contributed by atoms with E-state index in [1.165, 1.54) is 0 Å². The van der Waals surface area contributed by atoms with Crippen molar-refractivity contribution < 1.29 is 9.53 Å². The van der Waals surface area contributed by atoms with Crippen LogP contribution in [0.2, 0.25) is 0 Å². The topological polar surface area (TPSA) is 67.6 Å². The number of carbonyl (C=O) groups is 1. The molecule has 0 aliphatic carbocycles. The van der Waals surface area contributed by atoms with E-state index in [9.17, 15) is 4.79 Å². The lowest BCUT2D eigenvalue weighted by Crippen LogP contribution is -2.43. The molecule has 0 radical (unpaired) electrons. The Kier molecular flexibility index (Phi) is 7.02. The number of rotatable bonds is 8. The first kappa shape index (κ1) is 17.3. The molecule has 1 aromatic carbocycles. The fourth-order valence-corrected chi connectivity index (χ4v) is 2.24. The molecular formula is C16H27N3O2. The third kappa shape index (κ3) is 6.04. The van der Waals surface area contributed by atoms with Gasteiger partial charge in [-0.05, 0) is 39.8 Å². The van der Waals surface area contributed by atoms with Gasteiger partial charge in [-0.25, -0.2) is 0 Å². The molecule has 5 heteroatoms. The van der Waals surface area contributed by atoms with E-state index >= 15 is 0 Å². The average molecular weight is 293 g/mol. The summed E-state index contributed by atoms with van der Waals surface area (Å²) >= 11 is 0. The van der Waals surface area contributed by atoms with Gasteiger partial charge < -0.3 is 15.8 Å². The predicted molar refractivity (Wildman–Crippen MR) is 86.3 cm³/mol. The van der Waals surface area contributed by atoms with Crippen LogP contribution in [0, 0.1) is 0 Å². The molecule has 0 heterocycles. The van der Waals surface area contributed by atoms with E-state index in [0.717, 1.165) is 6.54 Å². The Morgan fingerprint density at radius 1 is 1.24 bits per heavy atom. The molecule has 118 valence electrons. The van der Waals surface area contributed by atoms with Crippen LogP contribution in [0.1, 0.15) is 27.7 Å². The first-order valence-corrected chi connectivity index (χ1v) is 7.41. The van der Waals surface area contributed by atoms with Crippen LogP contribution < -0.4 is 15.8 Å². The average Bonchev–Trinajstić information content (AvgIpc) is 2.41. The second kappa shape index (κ2) is 8.52. The molecule has 0 bridgehead atoms. The van der Waals surface area contributed by atoms with Crippen molar-refractivity contribution >= 4 is 11.6 Å². The summed E-state index contributed by atoms with van der Waals surface area (Å²) in [5.41, 5.74) is 6.29. The standard InChI is InChI=1S/C16H27N3O2/c1-12(2)19(13(3)4)10-9-18-16(20)11-21-15-8-6-5-7-14(15)17/h5-8,12-13H,9-11,17H2,1-4H3,(H,18,20). The van der Waals surface area contributed by atoms with Gasteiger partial charge in [-0.15, -0.1) is 0 Å². The van der Waals surface area contributed by atoms with E-state index in [4.69, 9.17) is 10.5 Å². The van der Waals surface area contributed by atoms with E-state index in [2.05, 4.69) is 37.9 Å². The monoisotopic (exact) mass is 293 g/mol. The Balaban J connectivity index is 2.30. The van der Waals surface area contributed by atoms with Crippen molar-refractivity contribution in [2.24, 2.45) is 0 Å². The van der Waals surface area contributed by atoms with Gasteiger partial charge in [0.2, 0.25) is 0 Å². The zero-order valence-corrected chi connectivity index (χ0v) is 13.4. The molecule has 0 unspecified atom stereocenters. The molecule has 3 N–H and O–H groups in total. The minimum absolute atomic E-state index is 0.0163. The number of benzene rings is 1. The Morgan fingerprint density at radius 3 is 2.43 bits per heavy atom. The summed E-state index contributed by atoms with van der Waals surface area (Å²) < 4.78 is 5.40. The number of nitrogens with zero attached hydrogens (tertiary/aromatic N) is 1. The van der Waals surface area contributed by atoms with Gasteiger partial charge in [0.1, 0.15) is 5.75 Å². The van der Waals surface area contributed by atoms with Crippen LogP contribution in [0.3, 0.4) is 0 Å². The Hall–Kier alpha value is -1.75. The minimum Gasteiger partial charge on any atom is -0.482 e. The second-order valence-electron chi connectivity index (χ2n) is 5.60. The Bertz CT molecular complexity index is 439. The number of anilines is 1. The van der Waals surface area contributed by atoms with E-state index in [0.29, 0.717) is 30.1 Å². The number of hydrogen-bond donors (Lipinski definition) is 2. The molecule has 0 aromatic heterocycles. The largest absolute Gasteiger partial charge is 0.482 e. The maximum absolute atomic E-state index is 11.8. The summed E-state index contributed by atoms with van der Waals surface area (Å²) in [6.07, 6.45) is 0. The molecule has 0 atom stereocenters. The molecule has 1 aromatic rings. The van der Waals surface area contributed by atoms with Crippen LogP contribution in [0.5, 0.6) is 5.75 Å². The van der Waals surface area contributed by atoms with E-state index in [-0.39, 0.29) is 12.5 Å². The number of ether oxygens (including phenoxy) is 1. The summed E-state index contributed by atoms with van der Waals surface area (Å²) in [5.74, 6) is 0.407. The maximum Gasteiger partial charge on any atom is 0.257 e. The van der Waals surface area contributed by atoms with Gasteiger partial charge in [-0.3, -0.25) is 9.69 Å². The number of nitrogens with one attached hydrogen (secondary N) is 1.